The molecule has 0 spiro atoms. The zero-order valence-electron chi connectivity index (χ0n) is 17.4. The average molecular weight is 391 g/mol. The number of nitrogens with one attached hydrogen (secondary N) is 1. The van der Waals surface area contributed by atoms with Crippen molar-refractivity contribution >= 4 is 11.5 Å². The summed E-state index contributed by atoms with van der Waals surface area (Å²) in [6.45, 7) is 2.97. The lowest BCUT2D eigenvalue weighted by Gasteiger charge is -2.31. The number of nitrogens with zero attached hydrogens (tertiary/aromatic N) is 5. The molecule has 0 bridgehead atoms. The fourth-order valence-electron chi connectivity index (χ4n) is 4.96. The van der Waals surface area contributed by atoms with E-state index in [0.717, 1.165) is 43.8 Å². The van der Waals surface area contributed by atoms with Gasteiger partial charge in [0.2, 0.25) is 0 Å². The van der Waals surface area contributed by atoms with Crippen LogP contribution in [0.5, 0.6) is 0 Å². The van der Waals surface area contributed by atoms with E-state index in [1.165, 1.54) is 29.9 Å². The third-order valence-corrected chi connectivity index (χ3v) is 6.55. The summed E-state index contributed by atoms with van der Waals surface area (Å²) in [4.78, 5) is 14.5. The van der Waals surface area contributed by atoms with E-state index in [0.29, 0.717) is 12.1 Å². The molecule has 2 aliphatic rings. The first kappa shape index (κ1) is 18.6. The molecule has 3 aromatic rings. The van der Waals surface area contributed by atoms with Crippen molar-refractivity contribution < 1.29 is 0 Å². The van der Waals surface area contributed by atoms with Crippen LogP contribution in [0, 0.1) is 0 Å². The number of aryl methyl sites for hydroxylation is 1. The van der Waals surface area contributed by atoms with Crippen LogP contribution >= 0.6 is 0 Å². The number of imidazole rings is 1. The Hall–Kier alpha value is -2.44. The molecule has 0 radical (unpaired) electrons. The van der Waals surface area contributed by atoms with Crippen molar-refractivity contribution in [2.75, 3.05) is 32.1 Å². The molecule has 6 heteroatoms. The Morgan fingerprint density at radius 3 is 3.00 bits per heavy atom. The molecule has 2 atom stereocenters. The SMILES string of the molecule is CN[C@H]1CCN(c2cccc3nc(CN(C)C4CCCc5cccnc54)cn23)C1. The van der Waals surface area contributed by atoms with Crippen LogP contribution in [0.2, 0.25) is 0 Å². The monoisotopic (exact) mass is 390 g/mol. The minimum atomic E-state index is 0.374. The van der Waals surface area contributed by atoms with Gasteiger partial charge in [0.1, 0.15) is 11.5 Å². The van der Waals surface area contributed by atoms with Gasteiger partial charge < -0.3 is 10.2 Å². The molecule has 1 fully saturated rings. The summed E-state index contributed by atoms with van der Waals surface area (Å²) in [5.41, 5.74) is 4.80. The molecule has 1 unspecified atom stereocenters. The molecule has 1 saturated heterocycles. The van der Waals surface area contributed by atoms with Crippen molar-refractivity contribution in [2.45, 2.75) is 44.3 Å². The van der Waals surface area contributed by atoms with Gasteiger partial charge >= 0.3 is 0 Å². The van der Waals surface area contributed by atoms with E-state index in [-0.39, 0.29) is 0 Å². The van der Waals surface area contributed by atoms with Gasteiger partial charge in [-0.25, -0.2) is 4.98 Å². The number of pyridine rings is 2. The molecular formula is C23H30N6. The standard InChI is InChI=1S/C23H30N6/c1-24-18-11-13-28(15-18)22-10-4-9-21-26-19(16-29(21)22)14-27(2)20-8-3-6-17-7-5-12-25-23(17)20/h4-5,7,9-10,12,16,18,20,24H,3,6,8,11,13-15H2,1-2H3/t18-,20?/m0/s1. The topological polar surface area (TPSA) is 48.7 Å². The van der Waals surface area contributed by atoms with E-state index in [2.05, 4.69) is 70.1 Å². The van der Waals surface area contributed by atoms with Crippen LogP contribution in [0.3, 0.4) is 0 Å². The zero-order chi connectivity index (χ0) is 19.8. The van der Waals surface area contributed by atoms with Crippen molar-refractivity contribution in [1.29, 1.82) is 0 Å². The quantitative estimate of drug-likeness (QED) is 0.726. The Morgan fingerprint density at radius 1 is 1.21 bits per heavy atom. The smallest absolute Gasteiger partial charge is 0.138 e. The second-order valence-electron chi connectivity index (χ2n) is 8.44. The van der Waals surface area contributed by atoms with E-state index in [1.54, 1.807) is 0 Å². The molecule has 1 N–H and O–H groups in total. The van der Waals surface area contributed by atoms with Crippen LogP contribution in [0.1, 0.15) is 42.3 Å². The average Bonchev–Trinajstić information content (AvgIpc) is 3.39. The molecule has 4 heterocycles. The lowest BCUT2D eigenvalue weighted by Crippen LogP contribution is -2.30. The Morgan fingerprint density at radius 2 is 2.14 bits per heavy atom. The van der Waals surface area contributed by atoms with Crippen molar-refractivity contribution in [2.24, 2.45) is 0 Å². The van der Waals surface area contributed by atoms with E-state index >= 15 is 0 Å². The van der Waals surface area contributed by atoms with Crippen LogP contribution in [0.4, 0.5) is 5.82 Å². The minimum Gasteiger partial charge on any atom is -0.356 e. The fraction of sp³-hybridized carbons (Fsp3) is 0.478. The normalized spacial score (nSPS) is 21.8. The molecule has 0 saturated carbocycles. The molecule has 3 aromatic heterocycles. The third-order valence-electron chi connectivity index (χ3n) is 6.55. The molecule has 0 amide bonds. The molecule has 1 aliphatic carbocycles. The predicted molar refractivity (Wildman–Crippen MR) is 116 cm³/mol. The minimum absolute atomic E-state index is 0.374. The van der Waals surface area contributed by atoms with Gasteiger partial charge in [-0.2, -0.15) is 0 Å². The molecule has 152 valence electrons. The Bertz CT molecular complexity index is 996. The van der Waals surface area contributed by atoms with Crippen molar-refractivity contribution in [3.8, 4) is 0 Å². The number of anilines is 1. The highest BCUT2D eigenvalue weighted by molar-refractivity contribution is 5.53. The first-order valence-corrected chi connectivity index (χ1v) is 10.8. The number of rotatable bonds is 5. The Labute approximate surface area is 172 Å². The van der Waals surface area contributed by atoms with Crippen LogP contribution < -0.4 is 10.2 Å². The summed E-state index contributed by atoms with van der Waals surface area (Å²) < 4.78 is 2.26. The van der Waals surface area contributed by atoms with Gasteiger partial charge in [0.05, 0.1) is 17.4 Å². The zero-order valence-corrected chi connectivity index (χ0v) is 17.4. The highest BCUT2D eigenvalue weighted by Crippen LogP contribution is 2.32. The molecular weight excluding hydrogens is 360 g/mol. The molecule has 6 nitrogen and oxygen atoms in total. The van der Waals surface area contributed by atoms with Crippen LogP contribution in [0.25, 0.3) is 5.65 Å². The summed E-state index contributed by atoms with van der Waals surface area (Å²) in [5.74, 6) is 1.24. The van der Waals surface area contributed by atoms with Gasteiger partial charge in [-0.15, -0.1) is 0 Å². The van der Waals surface area contributed by atoms with Gasteiger partial charge in [-0.3, -0.25) is 14.3 Å². The van der Waals surface area contributed by atoms with Gasteiger partial charge in [0.25, 0.3) is 0 Å². The molecule has 1 aliphatic heterocycles. The van der Waals surface area contributed by atoms with Gasteiger partial charge in [-0.1, -0.05) is 12.1 Å². The van der Waals surface area contributed by atoms with Crippen LogP contribution in [0.15, 0.2) is 42.7 Å². The number of likely N-dealkylation sites (N-methyl/N-ethyl adjacent to an activating group) is 1. The lowest BCUT2D eigenvalue weighted by molar-refractivity contribution is 0.206. The summed E-state index contributed by atoms with van der Waals surface area (Å²) in [5, 5.41) is 3.41. The summed E-state index contributed by atoms with van der Waals surface area (Å²) in [7, 11) is 4.26. The van der Waals surface area contributed by atoms with Crippen molar-refractivity contribution in [1.82, 2.24) is 24.6 Å². The largest absolute Gasteiger partial charge is 0.356 e. The second kappa shape index (κ2) is 7.76. The Balaban J connectivity index is 1.39. The van der Waals surface area contributed by atoms with E-state index in [9.17, 15) is 0 Å². The van der Waals surface area contributed by atoms with E-state index < -0.39 is 0 Å². The molecule has 29 heavy (non-hydrogen) atoms. The maximum atomic E-state index is 4.93. The first-order chi connectivity index (χ1) is 14.2. The lowest BCUT2D eigenvalue weighted by atomic mass is 9.91. The first-order valence-electron chi connectivity index (χ1n) is 10.8. The Kier molecular flexibility index (Phi) is 4.97. The van der Waals surface area contributed by atoms with Gasteiger partial charge in [0, 0.05) is 38.1 Å². The third kappa shape index (κ3) is 3.51. The highest BCUT2D eigenvalue weighted by Gasteiger charge is 2.26. The summed E-state index contributed by atoms with van der Waals surface area (Å²) >= 11 is 0. The van der Waals surface area contributed by atoms with E-state index in [1.807, 2.05) is 6.20 Å². The number of fused-ring (bicyclic) bond motifs is 2. The summed E-state index contributed by atoms with van der Waals surface area (Å²) in [6.07, 6.45) is 8.87. The van der Waals surface area contributed by atoms with Crippen LogP contribution in [-0.2, 0) is 13.0 Å². The van der Waals surface area contributed by atoms with Crippen molar-refractivity contribution in [3.63, 3.8) is 0 Å². The van der Waals surface area contributed by atoms with Crippen molar-refractivity contribution in [3.05, 3.63) is 59.7 Å². The predicted octanol–water partition coefficient (Wildman–Crippen LogP) is 3.04. The fourth-order valence-corrected chi connectivity index (χ4v) is 4.96. The van der Waals surface area contributed by atoms with Gasteiger partial charge in [-0.05, 0) is 63.5 Å². The second-order valence-corrected chi connectivity index (χ2v) is 8.44. The number of aromatic nitrogens is 3. The molecule has 0 aromatic carbocycles. The number of hydrogen-bond donors (Lipinski definition) is 1. The summed E-state index contributed by atoms with van der Waals surface area (Å²) in [6, 6.07) is 11.7. The number of hydrogen-bond acceptors (Lipinski definition) is 5. The molecule has 5 rings (SSSR count). The maximum Gasteiger partial charge on any atom is 0.138 e. The van der Waals surface area contributed by atoms with E-state index in [4.69, 9.17) is 9.97 Å². The maximum absolute atomic E-state index is 4.93. The van der Waals surface area contributed by atoms with Crippen LogP contribution in [-0.4, -0.2) is 52.5 Å². The highest BCUT2D eigenvalue weighted by atomic mass is 15.3. The van der Waals surface area contributed by atoms with Gasteiger partial charge in [0.15, 0.2) is 0 Å².